The van der Waals surface area contributed by atoms with Gasteiger partial charge < -0.3 is 10.2 Å². The van der Waals surface area contributed by atoms with Crippen LogP contribution in [0.3, 0.4) is 0 Å². The maximum absolute atomic E-state index is 13.0. The molecular formula is C25H28N4O3S. The molecule has 0 radical (unpaired) electrons. The van der Waals surface area contributed by atoms with Crippen molar-refractivity contribution < 1.29 is 9.59 Å². The van der Waals surface area contributed by atoms with Gasteiger partial charge in [-0.1, -0.05) is 25.0 Å². The van der Waals surface area contributed by atoms with Gasteiger partial charge in [-0.15, -0.1) is 11.8 Å². The highest BCUT2D eigenvalue weighted by Crippen LogP contribution is 2.24. The van der Waals surface area contributed by atoms with Crippen LogP contribution in [0.4, 0.5) is 5.69 Å². The summed E-state index contributed by atoms with van der Waals surface area (Å²) in [6, 6.07) is 12.5. The van der Waals surface area contributed by atoms with Crippen molar-refractivity contribution in [2.75, 3.05) is 25.2 Å². The van der Waals surface area contributed by atoms with Crippen LogP contribution in [0, 0.1) is 0 Å². The number of nitrogens with one attached hydrogen (secondary N) is 1. The number of aryl methyl sites for hydroxylation is 1. The highest BCUT2D eigenvalue weighted by molar-refractivity contribution is 7.98. The van der Waals surface area contributed by atoms with E-state index in [9.17, 15) is 14.4 Å². The third-order valence-corrected chi connectivity index (χ3v) is 6.72. The zero-order chi connectivity index (χ0) is 23.4. The summed E-state index contributed by atoms with van der Waals surface area (Å²) in [5.74, 6) is 0.224. The number of hydrogen-bond acceptors (Lipinski definition) is 5. The van der Waals surface area contributed by atoms with Crippen LogP contribution in [0.1, 0.15) is 41.9 Å². The Kier molecular flexibility index (Phi) is 7.13. The molecule has 0 fully saturated rings. The molecule has 0 aliphatic carbocycles. The quantitative estimate of drug-likeness (QED) is 0.578. The first-order chi connectivity index (χ1) is 16.0. The Morgan fingerprint density at radius 1 is 1.12 bits per heavy atom. The number of anilines is 1. The minimum Gasteiger partial charge on any atom is -0.332 e. The van der Waals surface area contributed by atoms with Gasteiger partial charge in [-0.05, 0) is 49.4 Å². The molecule has 0 saturated heterocycles. The number of thioether (sulfide) groups is 1. The fraction of sp³-hybridized carbons (Fsp3) is 0.360. The first-order valence-corrected chi connectivity index (χ1v) is 12.4. The van der Waals surface area contributed by atoms with Gasteiger partial charge in [0.1, 0.15) is 5.82 Å². The van der Waals surface area contributed by atoms with Crippen LogP contribution in [-0.2, 0) is 17.8 Å². The van der Waals surface area contributed by atoms with E-state index >= 15 is 0 Å². The molecule has 2 amide bonds. The molecule has 8 heteroatoms. The second kappa shape index (κ2) is 10.2. The Morgan fingerprint density at radius 3 is 2.73 bits per heavy atom. The number of aromatic nitrogens is 2. The largest absolute Gasteiger partial charge is 0.332 e. The molecule has 33 heavy (non-hydrogen) atoms. The molecule has 0 saturated carbocycles. The molecule has 2 heterocycles. The smallest absolute Gasteiger partial charge is 0.261 e. The average molecular weight is 465 g/mol. The Bertz CT molecular complexity index is 1250. The molecule has 1 N–H and O–H groups in total. The van der Waals surface area contributed by atoms with E-state index in [4.69, 9.17) is 4.98 Å². The van der Waals surface area contributed by atoms with Gasteiger partial charge in [-0.2, -0.15) is 0 Å². The first-order valence-electron chi connectivity index (χ1n) is 11.2. The molecule has 0 spiro atoms. The molecule has 0 atom stereocenters. The van der Waals surface area contributed by atoms with Gasteiger partial charge in [0, 0.05) is 30.5 Å². The average Bonchev–Trinajstić information content (AvgIpc) is 2.79. The van der Waals surface area contributed by atoms with E-state index in [-0.39, 0.29) is 23.9 Å². The highest BCUT2D eigenvalue weighted by atomic mass is 32.2. The van der Waals surface area contributed by atoms with Crippen molar-refractivity contribution in [1.82, 2.24) is 14.5 Å². The van der Waals surface area contributed by atoms with Crippen LogP contribution in [0.15, 0.2) is 52.2 Å². The van der Waals surface area contributed by atoms with E-state index < -0.39 is 0 Å². The molecule has 1 aliphatic rings. The number of nitrogens with zero attached hydrogens (tertiary/aromatic N) is 3. The van der Waals surface area contributed by atoms with Crippen LogP contribution in [0.2, 0.25) is 0 Å². The summed E-state index contributed by atoms with van der Waals surface area (Å²) >= 11 is 1.54. The zero-order valence-corrected chi connectivity index (χ0v) is 19.8. The van der Waals surface area contributed by atoms with E-state index in [1.807, 2.05) is 30.5 Å². The summed E-state index contributed by atoms with van der Waals surface area (Å²) < 4.78 is 1.78. The number of amides is 2. The number of carbonyl (C=O) groups excluding carboxylic acids is 2. The van der Waals surface area contributed by atoms with Gasteiger partial charge >= 0.3 is 0 Å². The SMILES string of the molecule is CSc1ccccc1NC(=O)CN(C)C(=O)c1ccc2c(=O)n3c(nc2c1)CCCCCC3. The zero-order valence-electron chi connectivity index (χ0n) is 19.0. The molecule has 3 aromatic rings. The van der Waals surface area contributed by atoms with Gasteiger partial charge in [-0.3, -0.25) is 19.0 Å². The summed E-state index contributed by atoms with van der Waals surface area (Å²) in [6.45, 7) is 0.606. The Balaban J connectivity index is 1.53. The standard InChI is InChI=1S/C25H28N4O3S/c1-28(16-23(30)27-19-9-6-7-10-21(19)33-2)24(31)17-12-13-18-20(15-17)26-22-11-5-3-4-8-14-29(22)25(18)32/h6-7,9-10,12-13,15H,3-5,8,11,14,16H2,1-2H3,(H,27,30). The van der Waals surface area contributed by atoms with Crippen molar-refractivity contribution in [2.24, 2.45) is 0 Å². The Hall–Kier alpha value is -3.13. The summed E-state index contributed by atoms with van der Waals surface area (Å²) in [5.41, 5.74) is 1.62. The van der Waals surface area contributed by atoms with E-state index in [0.717, 1.165) is 48.5 Å². The molecule has 2 aromatic carbocycles. The van der Waals surface area contributed by atoms with Gasteiger partial charge in [-0.25, -0.2) is 4.98 Å². The van der Waals surface area contributed by atoms with Crippen molar-refractivity contribution in [2.45, 2.75) is 43.5 Å². The molecule has 172 valence electrons. The van der Waals surface area contributed by atoms with E-state index in [1.54, 1.807) is 41.6 Å². The first kappa shape index (κ1) is 23.0. The number of rotatable bonds is 5. The van der Waals surface area contributed by atoms with Crippen molar-refractivity contribution in [1.29, 1.82) is 0 Å². The molecule has 0 unspecified atom stereocenters. The molecule has 4 rings (SSSR count). The predicted octanol–water partition coefficient (Wildman–Crippen LogP) is 3.95. The van der Waals surface area contributed by atoms with Crippen molar-refractivity contribution in [3.63, 3.8) is 0 Å². The third-order valence-electron chi connectivity index (χ3n) is 5.92. The number of fused-ring (bicyclic) bond motifs is 2. The second-order valence-corrected chi connectivity index (χ2v) is 9.14. The number of benzene rings is 2. The number of likely N-dealkylation sites (N-methyl/N-ethyl adjacent to an activating group) is 1. The van der Waals surface area contributed by atoms with Gasteiger partial charge in [0.2, 0.25) is 5.91 Å². The topological polar surface area (TPSA) is 84.3 Å². The minimum absolute atomic E-state index is 0.0453. The maximum Gasteiger partial charge on any atom is 0.261 e. The fourth-order valence-electron chi connectivity index (χ4n) is 4.17. The molecule has 7 nitrogen and oxygen atoms in total. The second-order valence-electron chi connectivity index (χ2n) is 8.29. The lowest BCUT2D eigenvalue weighted by Gasteiger charge is -2.19. The fourth-order valence-corrected chi connectivity index (χ4v) is 4.73. The van der Waals surface area contributed by atoms with Crippen LogP contribution >= 0.6 is 11.8 Å². The van der Waals surface area contributed by atoms with E-state index in [0.29, 0.717) is 23.0 Å². The summed E-state index contributed by atoms with van der Waals surface area (Å²) in [5, 5.41) is 3.39. The summed E-state index contributed by atoms with van der Waals surface area (Å²) in [7, 11) is 1.59. The summed E-state index contributed by atoms with van der Waals surface area (Å²) in [6.07, 6.45) is 6.96. The predicted molar refractivity (Wildman–Crippen MR) is 132 cm³/mol. The Morgan fingerprint density at radius 2 is 1.91 bits per heavy atom. The van der Waals surface area contributed by atoms with Gasteiger partial charge in [0.05, 0.1) is 23.1 Å². The summed E-state index contributed by atoms with van der Waals surface area (Å²) in [4.78, 5) is 45.6. The highest BCUT2D eigenvalue weighted by Gasteiger charge is 2.18. The minimum atomic E-state index is -0.293. The van der Waals surface area contributed by atoms with Crippen molar-refractivity contribution in [3.05, 3.63) is 64.2 Å². The Labute approximate surface area is 197 Å². The van der Waals surface area contributed by atoms with Gasteiger partial charge in [0.15, 0.2) is 0 Å². The number of carbonyl (C=O) groups is 2. The number of para-hydroxylation sites is 1. The van der Waals surface area contributed by atoms with Gasteiger partial charge in [0.25, 0.3) is 11.5 Å². The molecule has 0 bridgehead atoms. The molecule has 1 aromatic heterocycles. The lowest BCUT2D eigenvalue weighted by Crippen LogP contribution is -2.35. The third kappa shape index (κ3) is 5.11. The van der Waals surface area contributed by atoms with Crippen LogP contribution < -0.4 is 10.9 Å². The lowest BCUT2D eigenvalue weighted by molar-refractivity contribution is -0.116. The normalized spacial score (nSPS) is 13.6. The lowest BCUT2D eigenvalue weighted by atomic mass is 10.1. The van der Waals surface area contributed by atoms with Crippen molar-refractivity contribution >= 4 is 40.2 Å². The monoisotopic (exact) mass is 464 g/mol. The number of hydrogen-bond donors (Lipinski definition) is 1. The van der Waals surface area contributed by atoms with Crippen LogP contribution in [0.25, 0.3) is 10.9 Å². The maximum atomic E-state index is 13.0. The van der Waals surface area contributed by atoms with Crippen molar-refractivity contribution in [3.8, 4) is 0 Å². The van der Waals surface area contributed by atoms with Crippen LogP contribution in [0.5, 0.6) is 0 Å². The van der Waals surface area contributed by atoms with Crippen LogP contribution in [-0.4, -0.2) is 46.1 Å². The van der Waals surface area contributed by atoms with E-state index in [1.165, 1.54) is 4.90 Å². The molecular weight excluding hydrogens is 436 g/mol. The molecule has 1 aliphatic heterocycles. The van der Waals surface area contributed by atoms with E-state index in [2.05, 4.69) is 5.32 Å².